The van der Waals surface area contributed by atoms with E-state index in [9.17, 15) is 9.59 Å². The molecule has 0 aromatic heterocycles. The first-order valence-electron chi connectivity index (χ1n) is 4.01. The number of carbonyl (C=O) groups excluding carboxylic acids is 2. The fraction of sp³-hybridized carbons (Fsp3) is 0.400. The lowest BCUT2D eigenvalue weighted by Crippen LogP contribution is -2.16. The largest absolute Gasteiger partial charge is 0.286 e. The van der Waals surface area contributed by atoms with Crippen LogP contribution in [0.2, 0.25) is 0 Å². The zero-order chi connectivity index (χ0) is 9.30. The maximum absolute atomic E-state index is 11.0. The Kier molecular flexibility index (Phi) is 2.27. The maximum atomic E-state index is 11.0. The molecule has 0 heterocycles. The van der Waals surface area contributed by atoms with Crippen LogP contribution in [0.25, 0.3) is 0 Å². The van der Waals surface area contributed by atoms with Gasteiger partial charge in [-0.15, -0.1) is 0 Å². The molecule has 2 heteroatoms. The van der Waals surface area contributed by atoms with Gasteiger partial charge in [0.05, 0.1) is 0 Å². The summed E-state index contributed by atoms with van der Waals surface area (Å²) in [6.07, 6.45) is 2.86. The van der Waals surface area contributed by atoms with Crippen molar-refractivity contribution in [2.45, 2.75) is 20.8 Å². The number of ketones is 2. The van der Waals surface area contributed by atoms with Gasteiger partial charge in [-0.3, -0.25) is 9.59 Å². The van der Waals surface area contributed by atoms with Crippen molar-refractivity contribution >= 4 is 11.6 Å². The van der Waals surface area contributed by atoms with E-state index in [0.29, 0.717) is 5.92 Å². The number of allylic oxidation sites excluding steroid dienone is 4. The summed E-state index contributed by atoms with van der Waals surface area (Å²) in [5.41, 5.74) is 1.88. The second-order valence-corrected chi connectivity index (χ2v) is 3.31. The number of hydrogen-bond donors (Lipinski definition) is 0. The zero-order valence-corrected chi connectivity index (χ0v) is 7.55. The summed E-state index contributed by atoms with van der Waals surface area (Å²) in [5, 5.41) is 0. The Morgan fingerprint density at radius 1 is 1.08 bits per heavy atom. The van der Waals surface area contributed by atoms with Crippen molar-refractivity contribution in [2.24, 2.45) is 5.92 Å². The van der Waals surface area contributed by atoms with Gasteiger partial charge in [-0.25, -0.2) is 0 Å². The molecule has 0 aliphatic heterocycles. The average molecular weight is 164 g/mol. The minimum absolute atomic E-state index is 0.304. The van der Waals surface area contributed by atoms with Crippen LogP contribution in [0.15, 0.2) is 23.3 Å². The van der Waals surface area contributed by atoms with Gasteiger partial charge < -0.3 is 0 Å². The number of carbonyl (C=O) groups is 2. The van der Waals surface area contributed by atoms with Crippen molar-refractivity contribution in [1.82, 2.24) is 0 Å². The van der Waals surface area contributed by atoms with E-state index in [2.05, 4.69) is 0 Å². The minimum atomic E-state index is -0.406. The Balaban J connectivity index is 3.04. The maximum Gasteiger partial charge on any atom is 0.226 e. The third-order valence-corrected chi connectivity index (χ3v) is 1.95. The first-order valence-corrected chi connectivity index (χ1v) is 4.01. The second kappa shape index (κ2) is 3.05. The molecule has 1 aliphatic rings. The van der Waals surface area contributed by atoms with Gasteiger partial charge in [0, 0.05) is 0 Å². The summed E-state index contributed by atoms with van der Waals surface area (Å²) in [4.78, 5) is 21.9. The van der Waals surface area contributed by atoms with Gasteiger partial charge in [0.25, 0.3) is 0 Å². The van der Waals surface area contributed by atoms with Gasteiger partial charge in [0.1, 0.15) is 0 Å². The minimum Gasteiger partial charge on any atom is -0.286 e. The predicted octanol–water partition coefficient (Wildman–Crippen LogP) is 1.67. The third-order valence-electron chi connectivity index (χ3n) is 1.95. The Morgan fingerprint density at radius 3 is 2.08 bits per heavy atom. The molecule has 0 aromatic rings. The SMILES string of the molecule is CC1=CC(=O)C(=O)C=C1C(C)C. The Labute approximate surface area is 72.0 Å². The van der Waals surface area contributed by atoms with Crippen LogP contribution in [0.3, 0.4) is 0 Å². The summed E-state index contributed by atoms with van der Waals surface area (Å²) in [5.74, 6) is -0.500. The van der Waals surface area contributed by atoms with Crippen LogP contribution in [-0.4, -0.2) is 11.6 Å². The highest BCUT2D eigenvalue weighted by Gasteiger charge is 2.18. The van der Waals surface area contributed by atoms with Gasteiger partial charge in [0.2, 0.25) is 11.6 Å². The molecule has 64 valence electrons. The molecule has 0 amide bonds. The molecule has 0 saturated carbocycles. The first kappa shape index (κ1) is 8.91. The summed E-state index contributed by atoms with van der Waals surface area (Å²) in [7, 11) is 0. The molecule has 0 unspecified atom stereocenters. The van der Waals surface area contributed by atoms with Crippen LogP contribution in [0.5, 0.6) is 0 Å². The summed E-state index contributed by atoms with van der Waals surface area (Å²) < 4.78 is 0. The topological polar surface area (TPSA) is 34.1 Å². The van der Waals surface area contributed by atoms with E-state index >= 15 is 0 Å². The monoisotopic (exact) mass is 164 g/mol. The Bertz CT molecular complexity index is 293. The molecule has 2 nitrogen and oxygen atoms in total. The van der Waals surface area contributed by atoms with E-state index < -0.39 is 11.6 Å². The molecule has 0 N–H and O–H groups in total. The summed E-state index contributed by atoms with van der Waals surface area (Å²) >= 11 is 0. The lowest BCUT2D eigenvalue weighted by Gasteiger charge is -2.14. The molecule has 0 atom stereocenters. The molecule has 0 spiro atoms. The molecule has 1 rings (SSSR count). The smallest absolute Gasteiger partial charge is 0.226 e. The highest BCUT2D eigenvalue weighted by atomic mass is 16.2. The first-order chi connectivity index (χ1) is 5.52. The molecular formula is C10H12O2. The molecule has 0 bridgehead atoms. The Hall–Kier alpha value is -1.18. The number of hydrogen-bond acceptors (Lipinski definition) is 2. The van der Waals surface area contributed by atoms with Gasteiger partial charge in [-0.2, -0.15) is 0 Å². The van der Waals surface area contributed by atoms with Gasteiger partial charge in [-0.1, -0.05) is 13.8 Å². The summed E-state index contributed by atoms with van der Waals surface area (Å²) in [6.45, 7) is 5.87. The number of rotatable bonds is 1. The lowest BCUT2D eigenvalue weighted by atomic mass is 9.90. The van der Waals surface area contributed by atoms with Crippen LogP contribution in [-0.2, 0) is 9.59 Å². The molecule has 0 radical (unpaired) electrons. The van der Waals surface area contributed by atoms with Crippen LogP contribution < -0.4 is 0 Å². The van der Waals surface area contributed by atoms with Crippen molar-refractivity contribution in [3.63, 3.8) is 0 Å². The molecule has 0 saturated heterocycles. The van der Waals surface area contributed by atoms with Gasteiger partial charge in [-0.05, 0) is 36.1 Å². The molecule has 0 fully saturated rings. The quantitative estimate of drug-likeness (QED) is 0.436. The van der Waals surface area contributed by atoms with Gasteiger partial charge in [0.15, 0.2) is 0 Å². The van der Waals surface area contributed by atoms with Gasteiger partial charge >= 0.3 is 0 Å². The second-order valence-electron chi connectivity index (χ2n) is 3.31. The van der Waals surface area contributed by atoms with E-state index in [1.165, 1.54) is 12.2 Å². The molecule has 0 aromatic carbocycles. The zero-order valence-electron chi connectivity index (χ0n) is 7.55. The molecule has 12 heavy (non-hydrogen) atoms. The van der Waals surface area contributed by atoms with E-state index in [0.717, 1.165) is 11.1 Å². The predicted molar refractivity (Wildman–Crippen MR) is 46.7 cm³/mol. The van der Waals surface area contributed by atoms with Crippen LogP contribution in [0, 0.1) is 5.92 Å². The fourth-order valence-electron chi connectivity index (χ4n) is 1.30. The van der Waals surface area contributed by atoms with Crippen molar-refractivity contribution in [3.8, 4) is 0 Å². The van der Waals surface area contributed by atoms with E-state index in [-0.39, 0.29) is 0 Å². The van der Waals surface area contributed by atoms with Crippen LogP contribution in [0.4, 0.5) is 0 Å². The Morgan fingerprint density at radius 2 is 1.58 bits per heavy atom. The average Bonchev–Trinajstić information content (AvgIpc) is 1.96. The third kappa shape index (κ3) is 1.52. The van der Waals surface area contributed by atoms with Crippen molar-refractivity contribution in [3.05, 3.63) is 23.3 Å². The summed E-state index contributed by atoms with van der Waals surface area (Å²) in [6, 6.07) is 0. The van der Waals surface area contributed by atoms with E-state index in [4.69, 9.17) is 0 Å². The lowest BCUT2D eigenvalue weighted by molar-refractivity contribution is -0.131. The van der Waals surface area contributed by atoms with Crippen molar-refractivity contribution < 1.29 is 9.59 Å². The molecule has 1 aliphatic carbocycles. The fourth-order valence-corrected chi connectivity index (χ4v) is 1.30. The van der Waals surface area contributed by atoms with Crippen molar-refractivity contribution in [1.29, 1.82) is 0 Å². The van der Waals surface area contributed by atoms with Crippen LogP contribution in [0.1, 0.15) is 20.8 Å². The van der Waals surface area contributed by atoms with E-state index in [1.807, 2.05) is 20.8 Å². The highest BCUT2D eigenvalue weighted by Crippen LogP contribution is 2.21. The normalized spacial score (nSPS) is 18.0. The highest BCUT2D eigenvalue weighted by molar-refractivity contribution is 6.46. The van der Waals surface area contributed by atoms with Crippen LogP contribution >= 0.6 is 0 Å². The standard InChI is InChI=1S/C10H12O2/c1-6(2)8-5-10(12)9(11)4-7(8)3/h4-6H,1-3H3. The van der Waals surface area contributed by atoms with Crippen molar-refractivity contribution in [2.75, 3.05) is 0 Å². The molecular weight excluding hydrogens is 152 g/mol. The van der Waals surface area contributed by atoms with E-state index in [1.54, 1.807) is 0 Å².